The van der Waals surface area contributed by atoms with Crippen LogP contribution in [-0.4, -0.2) is 35.3 Å². The third-order valence-corrected chi connectivity index (χ3v) is 3.67. The summed E-state index contributed by atoms with van der Waals surface area (Å²) < 4.78 is 7.08. The monoisotopic (exact) mass is 355 g/mol. The zero-order valence-corrected chi connectivity index (χ0v) is 14.9. The SMILES string of the molecule is CC(C)NC(=O)C[NH+](C)Cn1nc(-c2ccccc2Cl)oc1=S. The first kappa shape index (κ1) is 17.7. The molecule has 1 atom stereocenters. The molecule has 2 N–H and O–H groups in total. The van der Waals surface area contributed by atoms with E-state index in [4.69, 9.17) is 28.2 Å². The Labute approximate surface area is 145 Å². The summed E-state index contributed by atoms with van der Waals surface area (Å²) in [5, 5.41) is 7.76. The summed E-state index contributed by atoms with van der Waals surface area (Å²) in [6, 6.07) is 7.40. The molecule has 8 heteroatoms. The molecule has 6 nitrogen and oxygen atoms in total. The largest absolute Gasteiger partial charge is 0.409 e. The van der Waals surface area contributed by atoms with Crippen LogP contribution in [0.1, 0.15) is 13.8 Å². The molecule has 2 rings (SSSR count). The maximum absolute atomic E-state index is 11.8. The van der Waals surface area contributed by atoms with Crippen molar-refractivity contribution in [3.05, 3.63) is 34.1 Å². The number of carbonyl (C=O) groups excluding carboxylic acids is 1. The molecule has 1 aromatic heterocycles. The lowest BCUT2D eigenvalue weighted by Crippen LogP contribution is -3.09. The van der Waals surface area contributed by atoms with Crippen molar-refractivity contribution in [1.29, 1.82) is 0 Å². The first-order valence-electron chi connectivity index (χ1n) is 7.30. The van der Waals surface area contributed by atoms with Gasteiger partial charge in [-0.3, -0.25) is 4.79 Å². The molecule has 0 fully saturated rings. The Hall–Kier alpha value is -1.70. The summed E-state index contributed by atoms with van der Waals surface area (Å²) in [5.74, 6) is 0.360. The predicted molar refractivity (Wildman–Crippen MR) is 90.8 cm³/mol. The van der Waals surface area contributed by atoms with Crippen LogP contribution in [0.15, 0.2) is 28.7 Å². The normalized spacial score (nSPS) is 12.4. The number of carbonyl (C=O) groups is 1. The third kappa shape index (κ3) is 4.89. The third-order valence-electron chi connectivity index (χ3n) is 3.04. The maximum Gasteiger partial charge on any atom is 0.292 e. The second-order valence-corrected chi connectivity index (χ2v) is 6.42. The fourth-order valence-corrected chi connectivity index (χ4v) is 2.51. The number of nitrogens with zero attached hydrogens (tertiary/aromatic N) is 2. The van der Waals surface area contributed by atoms with Crippen molar-refractivity contribution < 1.29 is 14.1 Å². The van der Waals surface area contributed by atoms with Crippen molar-refractivity contribution >= 4 is 29.7 Å². The number of benzene rings is 1. The average molecular weight is 356 g/mol. The van der Waals surface area contributed by atoms with E-state index < -0.39 is 0 Å². The topological polar surface area (TPSA) is 64.5 Å². The van der Waals surface area contributed by atoms with E-state index in [1.165, 1.54) is 0 Å². The summed E-state index contributed by atoms with van der Waals surface area (Å²) in [4.78, 5) is 13.0. The van der Waals surface area contributed by atoms with Crippen LogP contribution in [0, 0.1) is 4.84 Å². The Morgan fingerprint density at radius 1 is 1.48 bits per heavy atom. The van der Waals surface area contributed by atoms with Gasteiger partial charge >= 0.3 is 0 Å². The van der Waals surface area contributed by atoms with E-state index in [0.29, 0.717) is 29.7 Å². The summed E-state index contributed by atoms with van der Waals surface area (Å²) >= 11 is 11.3. The minimum absolute atomic E-state index is 0.0150. The fraction of sp³-hybridized carbons (Fsp3) is 0.400. The molecule has 0 radical (unpaired) electrons. The molecule has 0 aliphatic heterocycles. The fourth-order valence-electron chi connectivity index (χ4n) is 2.11. The predicted octanol–water partition coefficient (Wildman–Crippen LogP) is 1.52. The number of quaternary nitrogens is 1. The molecule has 1 unspecified atom stereocenters. The van der Waals surface area contributed by atoms with Crippen LogP contribution in [0.5, 0.6) is 0 Å². The molecule has 1 aromatic carbocycles. The van der Waals surface area contributed by atoms with Gasteiger partial charge in [-0.2, -0.15) is 4.68 Å². The van der Waals surface area contributed by atoms with E-state index in [2.05, 4.69) is 10.4 Å². The van der Waals surface area contributed by atoms with Crippen molar-refractivity contribution in [3.8, 4) is 11.5 Å². The molecule has 0 saturated carbocycles. The highest BCUT2D eigenvalue weighted by atomic mass is 35.5. The Bertz CT molecular complexity index is 741. The van der Waals surface area contributed by atoms with E-state index >= 15 is 0 Å². The van der Waals surface area contributed by atoms with Gasteiger partial charge in [-0.1, -0.05) is 23.7 Å². The number of likely N-dealkylation sites (N-methyl/N-ethyl adjacent to an activating group) is 1. The molecular weight excluding hydrogens is 336 g/mol. The van der Waals surface area contributed by atoms with Crippen molar-refractivity contribution in [2.45, 2.75) is 26.6 Å². The van der Waals surface area contributed by atoms with Crippen molar-refractivity contribution in [1.82, 2.24) is 15.1 Å². The van der Waals surface area contributed by atoms with Gasteiger partial charge in [0.05, 0.1) is 17.6 Å². The van der Waals surface area contributed by atoms with Gasteiger partial charge in [-0.15, -0.1) is 5.10 Å². The second-order valence-electron chi connectivity index (χ2n) is 5.67. The highest BCUT2D eigenvalue weighted by molar-refractivity contribution is 7.71. The van der Waals surface area contributed by atoms with E-state index in [9.17, 15) is 4.79 Å². The lowest BCUT2D eigenvalue weighted by atomic mass is 10.2. The number of hydrogen-bond acceptors (Lipinski definition) is 4. The van der Waals surface area contributed by atoms with Gasteiger partial charge in [0.15, 0.2) is 13.2 Å². The number of aromatic nitrogens is 2. The Balaban J connectivity index is 2.09. The Morgan fingerprint density at radius 3 is 2.83 bits per heavy atom. The molecule has 0 bridgehead atoms. The van der Waals surface area contributed by atoms with Crippen LogP contribution >= 0.6 is 23.8 Å². The molecule has 124 valence electrons. The van der Waals surface area contributed by atoms with Crippen LogP contribution in [0.3, 0.4) is 0 Å². The lowest BCUT2D eigenvalue weighted by molar-refractivity contribution is -0.895. The molecule has 0 saturated heterocycles. The van der Waals surface area contributed by atoms with Gasteiger partial charge in [0.2, 0.25) is 5.89 Å². The van der Waals surface area contributed by atoms with Gasteiger partial charge in [-0.05, 0) is 38.2 Å². The highest BCUT2D eigenvalue weighted by Crippen LogP contribution is 2.25. The molecule has 0 spiro atoms. The van der Waals surface area contributed by atoms with Gasteiger partial charge < -0.3 is 14.6 Å². The zero-order chi connectivity index (χ0) is 17.0. The van der Waals surface area contributed by atoms with Gasteiger partial charge in [-0.25, -0.2) is 0 Å². The first-order chi connectivity index (χ1) is 10.9. The number of rotatable bonds is 6. The molecular formula is C15H20ClN4O2S+. The number of hydrogen-bond donors (Lipinski definition) is 2. The van der Waals surface area contributed by atoms with E-state index in [1.807, 2.05) is 39.1 Å². The maximum atomic E-state index is 11.8. The number of amides is 1. The first-order valence-corrected chi connectivity index (χ1v) is 8.09. The van der Waals surface area contributed by atoms with Gasteiger partial charge in [0.1, 0.15) is 0 Å². The van der Waals surface area contributed by atoms with Crippen LogP contribution in [0.4, 0.5) is 0 Å². The molecule has 23 heavy (non-hydrogen) atoms. The second kappa shape index (κ2) is 7.72. The van der Waals surface area contributed by atoms with E-state index in [0.717, 1.165) is 4.90 Å². The van der Waals surface area contributed by atoms with Crippen LogP contribution < -0.4 is 10.2 Å². The Morgan fingerprint density at radius 2 is 2.17 bits per heavy atom. The highest BCUT2D eigenvalue weighted by Gasteiger charge is 2.15. The zero-order valence-electron chi connectivity index (χ0n) is 13.3. The Kier molecular flexibility index (Phi) is 5.92. The summed E-state index contributed by atoms with van der Waals surface area (Å²) in [5.41, 5.74) is 0.689. The minimum Gasteiger partial charge on any atom is -0.409 e. The molecule has 1 heterocycles. The summed E-state index contributed by atoms with van der Waals surface area (Å²) in [6.45, 7) is 4.61. The number of nitrogens with one attached hydrogen (secondary N) is 2. The van der Waals surface area contributed by atoms with E-state index in [-0.39, 0.29) is 16.8 Å². The van der Waals surface area contributed by atoms with Crippen LogP contribution in [0.25, 0.3) is 11.5 Å². The smallest absolute Gasteiger partial charge is 0.292 e. The van der Waals surface area contributed by atoms with E-state index in [1.54, 1.807) is 10.7 Å². The van der Waals surface area contributed by atoms with Crippen molar-refractivity contribution in [3.63, 3.8) is 0 Å². The quantitative estimate of drug-likeness (QED) is 0.771. The van der Waals surface area contributed by atoms with Crippen LogP contribution in [-0.2, 0) is 11.5 Å². The standard InChI is InChI=1S/C15H19ClN4O2S/c1-10(2)17-13(21)8-19(3)9-20-15(23)22-14(18-20)11-6-4-5-7-12(11)16/h4-7,10H,8-9H2,1-3H3,(H,17,21)/p+1. The lowest BCUT2D eigenvalue weighted by Gasteiger charge is -2.14. The van der Waals surface area contributed by atoms with Gasteiger partial charge in [0.25, 0.3) is 10.7 Å². The van der Waals surface area contributed by atoms with Crippen LogP contribution in [0.2, 0.25) is 5.02 Å². The van der Waals surface area contributed by atoms with Crippen molar-refractivity contribution in [2.75, 3.05) is 13.6 Å². The van der Waals surface area contributed by atoms with Crippen molar-refractivity contribution in [2.24, 2.45) is 0 Å². The summed E-state index contributed by atoms with van der Waals surface area (Å²) in [7, 11) is 1.89. The average Bonchev–Trinajstić information content (AvgIpc) is 2.79. The molecule has 1 amide bonds. The van der Waals surface area contributed by atoms with Gasteiger partial charge in [0, 0.05) is 6.04 Å². The number of halogens is 1. The molecule has 0 aliphatic carbocycles. The summed E-state index contributed by atoms with van der Waals surface area (Å²) in [6.07, 6.45) is 0. The minimum atomic E-state index is -0.0150. The molecule has 2 aromatic rings. The molecule has 0 aliphatic rings.